The molecule has 0 aromatic heterocycles. The zero-order valence-corrected chi connectivity index (χ0v) is 14.7. The van der Waals surface area contributed by atoms with E-state index in [4.69, 9.17) is 4.74 Å². The Morgan fingerprint density at radius 3 is 2.91 bits per heavy atom. The Balaban J connectivity index is 1.70. The molecule has 0 radical (unpaired) electrons. The number of aryl methyl sites for hydroxylation is 1. The molecule has 1 aliphatic rings. The van der Waals surface area contributed by atoms with Crippen LogP contribution in [0.15, 0.2) is 34.3 Å². The van der Waals surface area contributed by atoms with Crippen LogP contribution in [-0.2, 0) is 11.2 Å². The van der Waals surface area contributed by atoms with Gasteiger partial charge < -0.3 is 10.1 Å². The van der Waals surface area contributed by atoms with Crippen LogP contribution in [0, 0.1) is 0 Å². The first kappa shape index (κ1) is 17.1. The first-order valence-electron chi connectivity index (χ1n) is 8.05. The Hall–Kier alpha value is -1.29. The van der Waals surface area contributed by atoms with Crippen molar-refractivity contribution >= 4 is 21.8 Å². The second kappa shape index (κ2) is 8.99. The van der Waals surface area contributed by atoms with Crippen molar-refractivity contribution in [3.8, 4) is 5.75 Å². The lowest BCUT2D eigenvalue weighted by Crippen LogP contribution is -2.30. The molecular formula is C18H24BrNO2. The number of ether oxygens (including phenoxy) is 1. The number of carbonyl (C=O) groups is 1. The molecule has 4 heteroatoms. The van der Waals surface area contributed by atoms with Crippen LogP contribution in [0.2, 0.25) is 0 Å². The number of halogens is 1. The molecule has 0 saturated heterocycles. The summed E-state index contributed by atoms with van der Waals surface area (Å²) >= 11 is 3.48. The van der Waals surface area contributed by atoms with E-state index in [0.717, 1.165) is 17.3 Å². The Labute approximate surface area is 141 Å². The molecule has 0 saturated carbocycles. The van der Waals surface area contributed by atoms with Crippen molar-refractivity contribution in [1.29, 1.82) is 0 Å². The Morgan fingerprint density at radius 2 is 2.23 bits per heavy atom. The maximum absolute atomic E-state index is 11.8. The van der Waals surface area contributed by atoms with Gasteiger partial charge in [0.2, 0.25) is 0 Å². The summed E-state index contributed by atoms with van der Waals surface area (Å²) in [5.74, 6) is 0.644. The molecule has 0 aliphatic heterocycles. The highest BCUT2D eigenvalue weighted by atomic mass is 79.9. The summed E-state index contributed by atoms with van der Waals surface area (Å²) in [6.45, 7) is 2.87. The van der Waals surface area contributed by atoms with Crippen molar-refractivity contribution < 1.29 is 9.53 Å². The third-order valence-electron chi connectivity index (χ3n) is 3.92. The zero-order chi connectivity index (χ0) is 15.8. The third kappa shape index (κ3) is 5.48. The van der Waals surface area contributed by atoms with Gasteiger partial charge in [-0.15, -0.1) is 0 Å². The average molecular weight is 366 g/mol. The molecule has 120 valence electrons. The van der Waals surface area contributed by atoms with Gasteiger partial charge in [-0.3, -0.25) is 4.79 Å². The van der Waals surface area contributed by atoms with Crippen LogP contribution in [0.25, 0.3) is 0 Å². The summed E-state index contributed by atoms with van der Waals surface area (Å²) < 4.78 is 6.46. The predicted molar refractivity (Wildman–Crippen MR) is 93.2 cm³/mol. The lowest BCUT2D eigenvalue weighted by molar-refractivity contribution is -0.123. The number of nitrogens with one attached hydrogen (secondary N) is 1. The number of hydrogen-bond acceptors (Lipinski definition) is 2. The van der Waals surface area contributed by atoms with Crippen LogP contribution in [0.4, 0.5) is 0 Å². The van der Waals surface area contributed by atoms with Crippen molar-refractivity contribution in [3.63, 3.8) is 0 Å². The van der Waals surface area contributed by atoms with E-state index in [0.29, 0.717) is 12.3 Å². The maximum Gasteiger partial charge on any atom is 0.257 e. The second-order valence-corrected chi connectivity index (χ2v) is 6.47. The van der Waals surface area contributed by atoms with Crippen LogP contribution in [-0.4, -0.2) is 19.1 Å². The molecule has 0 heterocycles. The number of rotatable bonds is 7. The van der Waals surface area contributed by atoms with Crippen LogP contribution >= 0.6 is 15.9 Å². The van der Waals surface area contributed by atoms with E-state index >= 15 is 0 Å². The van der Waals surface area contributed by atoms with Crippen molar-refractivity contribution in [2.45, 2.75) is 45.4 Å². The van der Waals surface area contributed by atoms with Crippen molar-refractivity contribution in [3.05, 3.63) is 39.9 Å². The first-order chi connectivity index (χ1) is 10.7. The maximum atomic E-state index is 11.8. The summed E-state index contributed by atoms with van der Waals surface area (Å²) in [4.78, 5) is 11.8. The largest absolute Gasteiger partial charge is 0.483 e. The number of benzene rings is 1. The molecule has 1 N–H and O–H groups in total. The van der Waals surface area contributed by atoms with Gasteiger partial charge in [0.25, 0.3) is 5.91 Å². The minimum absolute atomic E-state index is 0.0587. The lowest BCUT2D eigenvalue weighted by atomic mass is 9.97. The average Bonchev–Trinajstić information content (AvgIpc) is 2.54. The highest BCUT2D eigenvalue weighted by Crippen LogP contribution is 2.26. The van der Waals surface area contributed by atoms with Gasteiger partial charge in [0, 0.05) is 6.54 Å². The Morgan fingerprint density at radius 1 is 1.36 bits per heavy atom. The van der Waals surface area contributed by atoms with Crippen molar-refractivity contribution in [1.82, 2.24) is 5.32 Å². The summed E-state index contributed by atoms with van der Waals surface area (Å²) in [5.41, 5.74) is 2.72. The molecule has 3 nitrogen and oxygen atoms in total. The molecule has 0 atom stereocenters. The Bertz CT molecular complexity index is 540. The number of amides is 1. The van der Waals surface area contributed by atoms with Crippen molar-refractivity contribution in [2.24, 2.45) is 0 Å². The summed E-state index contributed by atoms with van der Waals surface area (Å²) in [7, 11) is 0. The number of allylic oxidation sites excluding steroid dienone is 1. The van der Waals surface area contributed by atoms with E-state index in [2.05, 4.69) is 34.2 Å². The monoisotopic (exact) mass is 365 g/mol. The summed E-state index contributed by atoms with van der Waals surface area (Å²) in [6, 6.07) is 5.96. The predicted octanol–water partition coefficient (Wildman–Crippen LogP) is 4.40. The van der Waals surface area contributed by atoms with Crippen molar-refractivity contribution in [2.75, 3.05) is 13.2 Å². The molecule has 0 unspecified atom stereocenters. The van der Waals surface area contributed by atoms with Gasteiger partial charge in [-0.1, -0.05) is 24.6 Å². The van der Waals surface area contributed by atoms with Gasteiger partial charge in [0.05, 0.1) is 4.47 Å². The highest BCUT2D eigenvalue weighted by molar-refractivity contribution is 9.10. The summed E-state index contributed by atoms with van der Waals surface area (Å²) in [6.07, 6.45) is 9.21. The molecular weight excluding hydrogens is 342 g/mol. The quantitative estimate of drug-likeness (QED) is 0.727. The fourth-order valence-corrected chi connectivity index (χ4v) is 3.11. The smallest absolute Gasteiger partial charge is 0.257 e. The van der Waals surface area contributed by atoms with Crippen LogP contribution in [0.3, 0.4) is 0 Å². The molecule has 0 spiro atoms. The molecule has 0 bridgehead atoms. The van der Waals surface area contributed by atoms with Gasteiger partial charge in [0.1, 0.15) is 5.75 Å². The van der Waals surface area contributed by atoms with E-state index in [9.17, 15) is 4.79 Å². The Kier molecular flexibility index (Phi) is 6.97. The van der Waals surface area contributed by atoms with E-state index in [1.165, 1.54) is 36.8 Å². The SMILES string of the molecule is CCc1ccc(OCC(=O)NCCC2=CCCCC2)c(Br)c1. The normalized spacial score (nSPS) is 14.4. The third-order valence-corrected chi connectivity index (χ3v) is 4.54. The fraction of sp³-hybridized carbons (Fsp3) is 0.500. The second-order valence-electron chi connectivity index (χ2n) is 5.62. The first-order valence-corrected chi connectivity index (χ1v) is 8.84. The van der Waals surface area contributed by atoms with E-state index in [1.54, 1.807) is 0 Å². The number of carbonyl (C=O) groups excluding carboxylic acids is 1. The zero-order valence-electron chi connectivity index (χ0n) is 13.2. The van der Waals surface area contributed by atoms with E-state index in [-0.39, 0.29) is 12.5 Å². The molecule has 0 fully saturated rings. The van der Waals surface area contributed by atoms with Crippen LogP contribution in [0.1, 0.15) is 44.6 Å². The number of hydrogen-bond donors (Lipinski definition) is 1. The molecule has 1 aliphatic carbocycles. The van der Waals surface area contributed by atoms with Gasteiger partial charge >= 0.3 is 0 Å². The topological polar surface area (TPSA) is 38.3 Å². The summed E-state index contributed by atoms with van der Waals surface area (Å²) in [5, 5.41) is 2.92. The molecule has 2 rings (SSSR count). The molecule has 1 amide bonds. The standard InChI is InChI=1S/C18H24BrNO2/c1-2-14-8-9-17(16(19)12-14)22-13-18(21)20-11-10-15-6-4-3-5-7-15/h6,8-9,12H,2-5,7,10-11,13H2,1H3,(H,20,21). The molecule has 1 aromatic carbocycles. The fourth-order valence-electron chi connectivity index (χ4n) is 2.57. The van der Waals surface area contributed by atoms with Crippen LogP contribution in [0.5, 0.6) is 5.75 Å². The minimum atomic E-state index is -0.0668. The van der Waals surface area contributed by atoms with Gasteiger partial charge in [-0.05, 0) is 72.2 Å². The van der Waals surface area contributed by atoms with E-state index < -0.39 is 0 Å². The molecule has 22 heavy (non-hydrogen) atoms. The van der Waals surface area contributed by atoms with Gasteiger partial charge in [-0.2, -0.15) is 0 Å². The molecule has 1 aromatic rings. The van der Waals surface area contributed by atoms with Gasteiger partial charge in [-0.25, -0.2) is 0 Å². The highest BCUT2D eigenvalue weighted by Gasteiger charge is 2.07. The lowest BCUT2D eigenvalue weighted by Gasteiger charge is -2.13. The van der Waals surface area contributed by atoms with E-state index in [1.807, 2.05) is 18.2 Å². The van der Waals surface area contributed by atoms with Crippen LogP contribution < -0.4 is 10.1 Å². The van der Waals surface area contributed by atoms with Gasteiger partial charge in [0.15, 0.2) is 6.61 Å². The minimum Gasteiger partial charge on any atom is -0.483 e.